The molecule has 3 aromatic rings. The van der Waals surface area contributed by atoms with Crippen LogP contribution in [0.3, 0.4) is 0 Å². The molecule has 2 aromatic heterocycles. The highest BCUT2D eigenvalue weighted by Crippen LogP contribution is 2.43. The number of nitriles is 1. The topological polar surface area (TPSA) is 63.0 Å². The number of hydrogen-bond acceptors (Lipinski definition) is 6. The number of Topliss-reactive ketones (excluding diaryl/α,β-unsaturated/α-hetero) is 1. The number of ether oxygens (including phenoxy) is 1. The highest BCUT2D eigenvalue weighted by atomic mass is 32.2. The quantitative estimate of drug-likeness (QED) is 0.289. The predicted octanol–water partition coefficient (Wildman–Crippen LogP) is 6.82. The van der Waals surface area contributed by atoms with Crippen molar-refractivity contribution >= 4 is 28.9 Å². The Labute approximate surface area is 204 Å². The van der Waals surface area contributed by atoms with E-state index in [-0.39, 0.29) is 17.0 Å². The number of ketones is 1. The molecule has 0 amide bonds. The first kappa shape index (κ1) is 23.5. The monoisotopic (exact) mass is 476 g/mol. The van der Waals surface area contributed by atoms with Crippen LogP contribution in [0, 0.1) is 22.7 Å². The largest absolute Gasteiger partial charge is 0.497 e. The summed E-state index contributed by atoms with van der Waals surface area (Å²) >= 11 is 3.02. The number of nitrogens with zero attached hydrogens (tertiary/aromatic N) is 2. The SMILES string of the molecule is COc1ccc(C(=O)CSc2nc3c(c(-c4cccs4)c2C#N)CC[C@@H](C(C)(C)C)C3)cc1. The number of thioether (sulfide) groups is 1. The van der Waals surface area contributed by atoms with E-state index in [2.05, 4.69) is 32.9 Å². The number of aromatic nitrogens is 1. The standard InChI is InChI=1S/C27H28N2O2S2/c1-27(2,3)18-9-12-20-22(14-18)29-26(21(15-28)25(20)24-6-5-13-32-24)33-16-23(30)17-7-10-19(31-4)11-8-17/h5-8,10-11,13,18H,9,12,14,16H2,1-4H3/t18-/m1/s1. The van der Waals surface area contributed by atoms with Crippen LogP contribution in [-0.4, -0.2) is 23.6 Å². The summed E-state index contributed by atoms with van der Waals surface area (Å²) in [5.41, 5.74) is 4.74. The maximum Gasteiger partial charge on any atom is 0.173 e. The van der Waals surface area contributed by atoms with Gasteiger partial charge in [-0.25, -0.2) is 4.98 Å². The van der Waals surface area contributed by atoms with Crippen LogP contribution in [0.2, 0.25) is 0 Å². The summed E-state index contributed by atoms with van der Waals surface area (Å²) in [4.78, 5) is 18.9. The lowest BCUT2D eigenvalue weighted by atomic mass is 9.71. The summed E-state index contributed by atoms with van der Waals surface area (Å²) in [6.45, 7) is 6.86. The van der Waals surface area contributed by atoms with Gasteiger partial charge in [0.15, 0.2) is 5.78 Å². The molecule has 1 aliphatic rings. The maximum atomic E-state index is 12.8. The smallest absolute Gasteiger partial charge is 0.173 e. The molecule has 0 bridgehead atoms. The minimum Gasteiger partial charge on any atom is -0.497 e. The summed E-state index contributed by atoms with van der Waals surface area (Å²) in [7, 11) is 1.60. The average Bonchev–Trinajstić information content (AvgIpc) is 3.35. The molecular weight excluding hydrogens is 448 g/mol. The van der Waals surface area contributed by atoms with Crippen molar-refractivity contribution in [1.82, 2.24) is 4.98 Å². The highest BCUT2D eigenvalue weighted by molar-refractivity contribution is 8.00. The molecule has 170 valence electrons. The van der Waals surface area contributed by atoms with E-state index in [1.54, 1.807) is 42.7 Å². The molecule has 6 heteroatoms. The van der Waals surface area contributed by atoms with E-state index in [4.69, 9.17) is 9.72 Å². The number of benzene rings is 1. The Kier molecular flexibility index (Phi) is 6.92. The number of pyridine rings is 1. The van der Waals surface area contributed by atoms with Crippen LogP contribution >= 0.6 is 23.1 Å². The first-order valence-electron chi connectivity index (χ1n) is 11.1. The summed E-state index contributed by atoms with van der Waals surface area (Å²) in [6, 6.07) is 13.6. The van der Waals surface area contributed by atoms with Crippen molar-refractivity contribution in [3.8, 4) is 22.3 Å². The number of methoxy groups -OCH3 is 1. The van der Waals surface area contributed by atoms with E-state index < -0.39 is 0 Å². The average molecular weight is 477 g/mol. The molecule has 33 heavy (non-hydrogen) atoms. The lowest BCUT2D eigenvalue weighted by Gasteiger charge is -2.35. The molecule has 0 saturated heterocycles. The third-order valence-corrected chi connectivity index (χ3v) is 8.25. The Hall–Kier alpha value is -2.62. The van der Waals surface area contributed by atoms with Gasteiger partial charge in [0.25, 0.3) is 0 Å². The van der Waals surface area contributed by atoms with Crippen molar-refractivity contribution in [1.29, 1.82) is 5.26 Å². The number of carbonyl (C=O) groups excluding carboxylic acids is 1. The van der Waals surface area contributed by atoms with Gasteiger partial charge in [-0.15, -0.1) is 11.3 Å². The second-order valence-electron chi connectivity index (χ2n) is 9.43. The zero-order valence-corrected chi connectivity index (χ0v) is 21.1. The Balaban J connectivity index is 1.69. The zero-order valence-electron chi connectivity index (χ0n) is 19.5. The Morgan fingerprint density at radius 1 is 1.27 bits per heavy atom. The Morgan fingerprint density at radius 2 is 2.03 bits per heavy atom. The minimum atomic E-state index is 0.0105. The number of thiophene rings is 1. The molecule has 0 unspecified atom stereocenters. The lowest BCUT2D eigenvalue weighted by molar-refractivity contribution is 0.102. The van der Waals surface area contributed by atoms with Crippen LogP contribution in [-0.2, 0) is 12.8 Å². The van der Waals surface area contributed by atoms with Crippen molar-refractivity contribution in [2.45, 2.75) is 45.1 Å². The van der Waals surface area contributed by atoms with Gasteiger partial charge in [-0.1, -0.05) is 38.6 Å². The summed E-state index contributed by atoms with van der Waals surface area (Å²) in [6.07, 6.45) is 2.94. The van der Waals surface area contributed by atoms with Gasteiger partial charge < -0.3 is 4.74 Å². The maximum absolute atomic E-state index is 12.8. The minimum absolute atomic E-state index is 0.0105. The molecule has 1 aliphatic carbocycles. The van der Waals surface area contributed by atoms with Crippen molar-refractivity contribution < 1.29 is 9.53 Å². The summed E-state index contributed by atoms with van der Waals surface area (Å²) in [5, 5.41) is 12.8. The molecule has 0 spiro atoms. The summed E-state index contributed by atoms with van der Waals surface area (Å²) in [5.74, 6) is 1.51. The van der Waals surface area contributed by atoms with Gasteiger partial charge in [0.2, 0.25) is 0 Å². The molecule has 1 aromatic carbocycles. The fourth-order valence-corrected chi connectivity index (χ4v) is 6.08. The van der Waals surface area contributed by atoms with Crippen molar-refractivity contribution in [3.05, 3.63) is 64.2 Å². The van der Waals surface area contributed by atoms with Crippen LogP contribution in [0.1, 0.15) is 54.4 Å². The molecule has 2 heterocycles. The van der Waals surface area contributed by atoms with Crippen LogP contribution in [0.15, 0.2) is 46.8 Å². The molecule has 0 N–H and O–H groups in total. The van der Waals surface area contributed by atoms with Gasteiger partial charge in [-0.05, 0) is 71.9 Å². The van der Waals surface area contributed by atoms with E-state index >= 15 is 0 Å². The van der Waals surface area contributed by atoms with Crippen LogP contribution in [0.4, 0.5) is 0 Å². The Bertz CT molecular complexity index is 1190. The van der Waals surface area contributed by atoms with Crippen LogP contribution in [0.25, 0.3) is 10.4 Å². The van der Waals surface area contributed by atoms with E-state index in [9.17, 15) is 10.1 Å². The van der Waals surface area contributed by atoms with Gasteiger partial charge in [0, 0.05) is 21.7 Å². The third-order valence-electron chi connectivity index (χ3n) is 6.39. The predicted molar refractivity (Wildman–Crippen MR) is 135 cm³/mol. The van der Waals surface area contributed by atoms with Gasteiger partial charge >= 0.3 is 0 Å². The number of hydrogen-bond donors (Lipinski definition) is 0. The first-order valence-corrected chi connectivity index (χ1v) is 13.0. The van der Waals surface area contributed by atoms with Crippen molar-refractivity contribution in [2.24, 2.45) is 11.3 Å². The van der Waals surface area contributed by atoms with E-state index in [1.807, 2.05) is 11.4 Å². The fraction of sp³-hybridized carbons (Fsp3) is 0.370. The molecule has 0 saturated carbocycles. The van der Waals surface area contributed by atoms with E-state index in [1.165, 1.54) is 17.3 Å². The number of rotatable bonds is 6. The van der Waals surface area contributed by atoms with Gasteiger partial charge in [-0.2, -0.15) is 5.26 Å². The first-order chi connectivity index (χ1) is 15.8. The van der Waals surface area contributed by atoms with Gasteiger partial charge in [0.1, 0.15) is 16.8 Å². The molecule has 1 atom stereocenters. The normalized spacial score (nSPS) is 15.5. The highest BCUT2D eigenvalue weighted by Gasteiger charge is 2.32. The lowest BCUT2D eigenvalue weighted by Crippen LogP contribution is -2.28. The molecular formula is C27H28N2O2S2. The fourth-order valence-electron chi connectivity index (χ4n) is 4.37. The zero-order chi connectivity index (χ0) is 23.6. The second kappa shape index (κ2) is 9.70. The molecule has 0 aliphatic heterocycles. The number of fused-ring (bicyclic) bond motifs is 1. The molecule has 0 fully saturated rings. The van der Waals surface area contributed by atoms with Crippen molar-refractivity contribution in [3.63, 3.8) is 0 Å². The van der Waals surface area contributed by atoms with E-state index in [0.717, 1.165) is 41.1 Å². The second-order valence-corrected chi connectivity index (χ2v) is 11.3. The third kappa shape index (κ3) is 5.00. The van der Waals surface area contributed by atoms with Crippen LogP contribution < -0.4 is 4.74 Å². The molecule has 4 nitrogen and oxygen atoms in total. The molecule has 4 rings (SSSR count). The molecule has 0 radical (unpaired) electrons. The summed E-state index contributed by atoms with van der Waals surface area (Å²) < 4.78 is 5.18. The van der Waals surface area contributed by atoms with Crippen LogP contribution in [0.5, 0.6) is 5.75 Å². The van der Waals surface area contributed by atoms with Gasteiger partial charge in [0.05, 0.1) is 18.4 Å². The number of carbonyl (C=O) groups is 1. The van der Waals surface area contributed by atoms with E-state index in [0.29, 0.717) is 22.1 Å². The van der Waals surface area contributed by atoms with Gasteiger partial charge in [-0.3, -0.25) is 4.79 Å². The Morgan fingerprint density at radius 3 is 2.64 bits per heavy atom. The van der Waals surface area contributed by atoms with Crippen molar-refractivity contribution in [2.75, 3.05) is 12.9 Å².